The summed E-state index contributed by atoms with van der Waals surface area (Å²) in [5.41, 5.74) is 2.66. The molecule has 0 aromatic heterocycles. The number of anilines is 1. The molecular formula is C26H32N2O3. The van der Waals surface area contributed by atoms with Gasteiger partial charge in [0.15, 0.2) is 0 Å². The number of nitrogens with one attached hydrogen (secondary N) is 1. The fraction of sp³-hybridized carbons (Fsp3) is 0.462. The van der Waals surface area contributed by atoms with Gasteiger partial charge in [-0.25, -0.2) is 0 Å². The van der Waals surface area contributed by atoms with Gasteiger partial charge in [-0.05, 0) is 74.3 Å². The van der Waals surface area contributed by atoms with Crippen LogP contribution in [0.1, 0.15) is 49.7 Å². The minimum Gasteiger partial charge on any atom is -0.497 e. The normalized spacial score (nSPS) is 19.5. The van der Waals surface area contributed by atoms with Gasteiger partial charge < -0.3 is 15.0 Å². The highest BCUT2D eigenvalue weighted by Crippen LogP contribution is 2.50. The molecule has 164 valence electrons. The van der Waals surface area contributed by atoms with E-state index >= 15 is 0 Å². The molecule has 0 radical (unpaired) electrons. The minimum absolute atomic E-state index is 0.0275. The molecule has 2 aliphatic rings. The molecule has 2 aromatic carbocycles. The second kappa shape index (κ2) is 9.13. The number of hydrogen-bond donors (Lipinski definition) is 1. The van der Waals surface area contributed by atoms with Crippen molar-refractivity contribution >= 4 is 17.5 Å². The molecule has 2 amide bonds. The van der Waals surface area contributed by atoms with Crippen LogP contribution in [0.2, 0.25) is 0 Å². The maximum atomic E-state index is 13.3. The summed E-state index contributed by atoms with van der Waals surface area (Å²) in [5.74, 6) is 1.47. The number of likely N-dealkylation sites (tertiary alicyclic amines) is 1. The number of carbonyl (C=O) groups is 2. The number of methoxy groups -OCH3 is 1. The highest BCUT2D eigenvalue weighted by atomic mass is 16.5. The third kappa shape index (κ3) is 4.76. The maximum absolute atomic E-state index is 13.3. The van der Waals surface area contributed by atoms with E-state index in [9.17, 15) is 9.59 Å². The summed E-state index contributed by atoms with van der Waals surface area (Å²) in [7, 11) is 1.64. The predicted octanol–water partition coefficient (Wildman–Crippen LogP) is 4.69. The van der Waals surface area contributed by atoms with Gasteiger partial charge in [0.2, 0.25) is 11.8 Å². The van der Waals surface area contributed by atoms with Gasteiger partial charge in [-0.15, -0.1) is 0 Å². The minimum atomic E-state index is -0.299. The topological polar surface area (TPSA) is 58.6 Å². The first-order chi connectivity index (χ1) is 15.0. The first-order valence-electron chi connectivity index (χ1n) is 11.3. The Hall–Kier alpha value is -2.82. The number of piperidine rings is 1. The molecule has 1 saturated heterocycles. The lowest BCUT2D eigenvalue weighted by Gasteiger charge is -2.35. The molecule has 1 heterocycles. The molecule has 1 N–H and O–H groups in total. The second-order valence-electron chi connectivity index (χ2n) is 8.98. The molecule has 1 atom stereocenters. The van der Waals surface area contributed by atoms with Gasteiger partial charge in [0.1, 0.15) is 5.75 Å². The van der Waals surface area contributed by atoms with Gasteiger partial charge in [-0.2, -0.15) is 0 Å². The smallest absolute Gasteiger partial charge is 0.233 e. The number of nitrogens with zero attached hydrogens (tertiary/aromatic N) is 1. The number of benzene rings is 2. The summed E-state index contributed by atoms with van der Waals surface area (Å²) in [4.78, 5) is 27.9. The van der Waals surface area contributed by atoms with Crippen molar-refractivity contribution in [1.82, 2.24) is 4.90 Å². The third-order valence-electron chi connectivity index (χ3n) is 6.78. The van der Waals surface area contributed by atoms with E-state index in [4.69, 9.17) is 4.74 Å². The molecule has 4 rings (SSSR count). The number of amides is 2. The van der Waals surface area contributed by atoms with E-state index in [1.807, 2.05) is 43.3 Å². The lowest BCUT2D eigenvalue weighted by Crippen LogP contribution is -2.45. The van der Waals surface area contributed by atoms with Crippen LogP contribution in [-0.2, 0) is 15.0 Å². The van der Waals surface area contributed by atoms with Gasteiger partial charge in [0, 0.05) is 25.2 Å². The molecule has 1 saturated carbocycles. The summed E-state index contributed by atoms with van der Waals surface area (Å²) >= 11 is 0. The van der Waals surface area contributed by atoms with Gasteiger partial charge in [0.05, 0.1) is 12.5 Å². The van der Waals surface area contributed by atoms with Gasteiger partial charge in [-0.3, -0.25) is 9.59 Å². The van der Waals surface area contributed by atoms with E-state index in [0.717, 1.165) is 67.8 Å². The van der Waals surface area contributed by atoms with Crippen molar-refractivity contribution < 1.29 is 14.3 Å². The Morgan fingerprint density at radius 2 is 1.94 bits per heavy atom. The van der Waals surface area contributed by atoms with Crippen LogP contribution in [0.15, 0.2) is 48.5 Å². The Morgan fingerprint density at radius 1 is 1.16 bits per heavy atom. The number of carbonyl (C=O) groups excluding carboxylic acids is 2. The monoisotopic (exact) mass is 420 g/mol. The van der Waals surface area contributed by atoms with Crippen LogP contribution < -0.4 is 10.1 Å². The Kier molecular flexibility index (Phi) is 6.30. The first-order valence-corrected chi connectivity index (χ1v) is 11.3. The Morgan fingerprint density at radius 3 is 2.61 bits per heavy atom. The Balaban J connectivity index is 1.30. The van der Waals surface area contributed by atoms with Crippen molar-refractivity contribution in [3.63, 3.8) is 0 Å². The number of rotatable bonds is 7. The average molecular weight is 421 g/mol. The number of aryl methyl sites for hydroxylation is 1. The highest BCUT2D eigenvalue weighted by Gasteiger charge is 2.53. The molecule has 0 spiro atoms. The Bertz CT molecular complexity index is 937. The number of hydrogen-bond acceptors (Lipinski definition) is 3. The standard InChI is InChI=1S/C26H32N2O3/c1-19-17-22(31-2)11-12-23(19)27-24(29)13-10-20-7-6-16-28(18-20)25(30)26(14-15-26)21-8-4-3-5-9-21/h3-5,8-9,11-12,17,20H,6-7,10,13-16,18H2,1-2H3,(H,27,29)/t20-/m1/s1. The van der Waals surface area contributed by atoms with Gasteiger partial charge in [0.25, 0.3) is 0 Å². The van der Waals surface area contributed by atoms with E-state index in [1.165, 1.54) is 0 Å². The first kappa shape index (κ1) is 21.4. The average Bonchev–Trinajstić information content (AvgIpc) is 3.61. The van der Waals surface area contributed by atoms with Crippen molar-refractivity contribution in [3.8, 4) is 5.75 Å². The number of ether oxygens (including phenoxy) is 1. The van der Waals surface area contributed by atoms with E-state index in [-0.39, 0.29) is 17.2 Å². The van der Waals surface area contributed by atoms with Crippen LogP contribution >= 0.6 is 0 Å². The molecule has 2 fully saturated rings. The molecule has 2 aromatic rings. The van der Waals surface area contributed by atoms with E-state index in [0.29, 0.717) is 12.3 Å². The molecule has 5 heteroatoms. The van der Waals surface area contributed by atoms with E-state index in [2.05, 4.69) is 22.3 Å². The third-order valence-corrected chi connectivity index (χ3v) is 6.78. The zero-order chi connectivity index (χ0) is 21.8. The van der Waals surface area contributed by atoms with Crippen molar-refractivity contribution in [1.29, 1.82) is 0 Å². The maximum Gasteiger partial charge on any atom is 0.233 e. The van der Waals surface area contributed by atoms with Crippen LogP contribution in [0.5, 0.6) is 5.75 Å². The van der Waals surface area contributed by atoms with Crippen molar-refractivity contribution in [2.24, 2.45) is 5.92 Å². The van der Waals surface area contributed by atoms with E-state index < -0.39 is 0 Å². The molecule has 31 heavy (non-hydrogen) atoms. The van der Waals surface area contributed by atoms with Crippen LogP contribution in [-0.4, -0.2) is 36.9 Å². The molecule has 0 unspecified atom stereocenters. The molecular weight excluding hydrogens is 388 g/mol. The van der Waals surface area contributed by atoms with Crippen LogP contribution in [0.25, 0.3) is 0 Å². The highest BCUT2D eigenvalue weighted by molar-refractivity contribution is 5.92. The molecule has 5 nitrogen and oxygen atoms in total. The summed E-state index contributed by atoms with van der Waals surface area (Å²) in [6.45, 7) is 3.56. The van der Waals surface area contributed by atoms with Crippen LogP contribution in [0, 0.1) is 12.8 Å². The lowest BCUT2D eigenvalue weighted by atomic mass is 9.89. The Labute approximate surface area is 184 Å². The quantitative estimate of drug-likeness (QED) is 0.707. The van der Waals surface area contributed by atoms with Crippen LogP contribution in [0.3, 0.4) is 0 Å². The SMILES string of the molecule is COc1ccc(NC(=O)CC[C@H]2CCCN(C(=O)C3(c4ccccc4)CC3)C2)c(C)c1. The molecule has 1 aliphatic carbocycles. The predicted molar refractivity (Wildman–Crippen MR) is 122 cm³/mol. The largest absolute Gasteiger partial charge is 0.497 e. The van der Waals surface area contributed by atoms with Gasteiger partial charge >= 0.3 is 0 Å². The second-order valence-corrected chi connectivity index (χ2v) is 8.98. The van der Waals surface area contributed by atoms with Crippen molar-refractivity contribution in [3.05, 3.63) is 59.7 Å². The van der Waals surface area contributed by atoms with Crippen LogP contribution in [0.4, 0.5) is 5.69 Å². The lowest BCUT2D eigenvalue weighted by molar-refractivity contribution is -0.135. The van der Waals surface area contributed by atoms with E-state index in [1.54, 1.807) is 7.11 Å². The summed E-state index contributed by atoms with van der Waals surface area (Å²) < 4.78 is 5.22. The molecule has 0 bridgehead atoms. The zero-order valence-electron chi connectivity index (χ0n) is 18.5. The summed E-state index contributed by atoms with van der Waals surface area (Å²) in [6, 6.07) is 15.9. The molecule has 1 aliphatic heterocycles. The van der Waals surface area contributed by atoms with Gasteiger partial charge in [-0.1, -0.05) is 30.3 Å². The summed E-state index contributed by atoms with van der Waals surface area (Å²) in [5, 5.41) is 3.02. The zero-order valence-corrected chi connectivity index (χ0v) is 18.5. The summed E-state index contributed by atoms with van der Waals surface area (Å²) in [6.07, 6.45) is 5.27. The fourth-order valence-electron chi connectivity index (χ4n) is 4.75. The van der Waals surface area contributed by atoms with Crippen molar-refractivity contribution in [2.45, 2.75) is 50.9 Å². The van der Waals surface area contributed by atoms with Crippen molar-refractivity contribution in [2.75, 3.05) is 25.5 Å². The fourth-order valence-corrected chi connectivity index (χ4v) is 4.75.